The average Bonchev–Trinajstić information content (AvgIpc) is 2.37. The van der Waals surface area contributed by atoms with Crippen LogP contribution in [0.2, 0.25) is 5.02 Å². The SMILES string of the molecule is CN(CCO)C(=O)NC(CC(F)(F)F)c1ccc(Cl)cc1. The Labute approximate surface area is 125 Å². The van der Waals surface area contributed by atoms with Gasteiger partial charge in [0.15, 0.2) is 0 Å². The van der Waals surface area contributed by atoms with Crippen LogP contribution in [0, 0.1) is 0 Å². The number of amides is 2. The fourth-order valence-corrected chi connectivity index (χ4v) is 1.82. The maximum atomic E-state index is 12.6. The van der Waals surface area contributed by atoms with Gasteiger partial charge in [-0.2, -0.15) is 13.2 Å². The van der Waals surface area contributed by atoms with E-state index in [0.29, 0.717) is 10.6 Å². The topological polar surface area (TPSA) is 52.6 Å². The summed E-state index contributed by atoms with van der Waals surface area (Å²) in [6.07, 6.45) is -5.61. The molecule has 0 aliphatic carbocycles. The summed E-state index contributed by atoms with van der Waals surface area (Å²) >= 11 is 5.70. The summed E-state index contributed by atoms with van der Waals surface area (Å²) in [5.41, 5.74) is 0.308. The van der Waals surface area contributed by atoms with Crippen molar-refractivity contribution in [3.8, 4) is 0 Å². The lowest BCUT2D eigenvalue weighted by atomic mass is 10.0. The van der Waals surface area contributed by atoms with Gasteiger partial charge in [-0.25, -0.2) is 4.79 Å². The van der Waals surface area contributed by atoms with Gasteiger partial charge >= 0.3 is 12.2 Å². The molecule has 1 atom stereocenters. The highest BCUT2D eigenvalue weighted by atomic mass is 35.5. The van der Waals surface area contributed by atoms with Gasteiger partial charge in [-0.1, -0.05) is 23.7 Å². The first kappa shape index (κ1) is 17.6. The maximum absolute atomic E-state index is 12.6. The first-order valence-electron chi connectivity index (χ1n) is 6.17. The Morgan fingerprint density at radius 2 is 1.95 bits per heavy atom. The Hall–Kier alpha value is -1.47. The van der Waals surface area contributed by atoms with Crippen LogP contribution in [0.25, 0.3) is 0 Å². The lowest BCUT2D eigenvalue weighted by molar-refractivity contribution is -0.139. The van der Waals surface area contributed by atoms with Crippen LogP contribution in [0.15, 0.2) is 24.3 Å². The van der Waals surface area contributed by atoms with Crippen molar-refractivity contribution in [1.82, 2.24) is 10.2 Å². The Morgan fingerprint density at radius 3 is 2.43 bits per heavy atom. The van der Waals surface area contributed by atoms with E-state index < -0.39 is 24.7 Å². The standard InChI is InChI=1S/C13H16ClF3N2O2/c1-19(6-7-20)12(21)18-11(8-13(15,16)17)9-2-4-10(14)5-3-9/h2-5,11,20H,6-8H2,1H3,(H,18,21). The zero-order valence-electron chi connectivity index (χ0n) is 11.3. The summed E-state index contributed by atoms with van der Waals surface area (Å²) in [7, 11) is 1.39. The van der Waals surface area contributed by atoms with E-state index in [1.807, 2.05) is 0 Å². The minimum absolute atomic E-state index is 0.0329. The third-order valence-corrected chi connectivity index (χ3v) is 3.04. The number of benzene rings is 1. The fraction of sp³-hybridized carbons (Fsp3) is 0.462. The molecule has 4 nitrogen and oxygen atoms in total. The number of hydrogen-bond donors (Lipinski definition) is 2. The first-order chi connectivity index (χ1) is 9.73. The number of alkyl halides is 3. The van der Waals surface area contributed by atoms with E-state index in [1.54, 1.807) is 0 Å². The first-order valence-corrected chi connectivity index (χ1v) is 6.55. The largest absolute Gasteiger partial charge is 0.395 e. The Kier molecular flexibility index (Phi) is 6.29. The van der Waals surface area contributed by atoms with Crippen molar-refractivity contribution < 1.29 is 23.1 Å². The van der Waals surface area contributed by atoms with Gasteiger partial charge in [0.1, 0.15) is 0 Å². The highest BCUT2D eigenvalue weighted by molar-refractivity contribution is 6.30. The van der Waals surface area contributed by atoms with Gasteiger partial charge in [0, 0.05) is 18.6 Å². The highest BCUT2D eigenvalue weighted by Gasteiger charge is 2.33. The molecular formula is C13H16ClF3N2O2. The third-order valence-electron chi connectivity index (χ3n) is 2.79. The lowest BCUT2D eigenvalue weighted by Gasteiger charge is -2.24. The normalized spacial score (nSPS) is 12.9. The zero-order valence-corrected chi connectivity index (χ0v) is 12.1. The van der Waals surface area contributed by atoms with E-state index in [1.165, 1.54) is 31.3 Å². The molecule has 2 amide bonds. The monoisotopic (exact) mass is 324 g/mol. The van der Waals surface area contributed by atoms with Gasteiger partial charge in [0.2, 0.25) is 0 Å². The number of nitrogens with one attached hydrogen (secondary N) is 1. The predicted molar refractivity (Wildman–Crippen MR) is 73.1 cm³/mol. The quantitative estimate of drug-likeness (QED) is 0.875. The second-order valence-electron chi connectivity index (χ2n) is 4.52. The number of aliphatic hydroxyl groups is 1. The van der Waals surface area contributed by atoms with Gasteiger partial charge in [0.05, 0.1) is 19.1 Å². The number of carbonyl (C=O) groups is 1. The van der Waals surface area contributed by atoms with Gasteiger partial charge in [0.25, 0.3) is 0 Å². The van der Waals surface area contributed by atoms with E-state index in [0.717, 1.165) is 4.90 Å². The molecule has 2 N–H and O–H groups in total. The molecule has 0 radical (unpaired) electrons. The summed E-state index contributed by atoms with van der Waals surface area (Å²) in [6.45, 7) is -0.236. The van der Waals surface area contributed by atoms with E-state index in [9.17, 15) is 18.0 Å². The predicted octanol–water partition coefficient (Wildman–Crippen LogP) is 2.97. The average molecular weight is 325 g/mol. The maximum Gasteiger partial charge on any atom is 0.391 e. The molecule has 0 aliphatic rings. The molecule has 0 saturated carbocycles. The molecule has 8 heteroatoms. The van der Waals surface area contributed by atoms with E-state index in [4.69, 9.17) is 16.7 Å². The molecule has 0 saturated heterocycles. The van der Waals surface area contributed by atoms with Crippen molar-refractivity contribution in [2.24, 2.45) is 0 Å². The Morgan fingerprint density at radius 1 is 1.38 bits per heavy atom. The number of nitrogens with zero attached hydrogens (tertiary/aromatic N) is 1. The second-order valence-corrected chi connectivity index (χ2v) is 4.95. The number of rotatable bonds is 5. The molecule has 1 unspecified atom stereocenters. The van der Waals surface area contributed by atoms with Crippen LogP contribution in [0.3, 0.4) is 0 Å². The van der Waals surface area contributed by atoms with Gasteiger partial charge in [-0.15, -0.1) is 0 Å². The zero-order chi connectivity index (χ0) is 16.0. The molecule has 21 heavy (non-hydrogen) atoms. The number of halogens is 4. The molecule has 0 fully saturated rings. The van der Waals surface area contributed by atoms with Gasteiger partial charge in [-0.3, -0.25) is 0 Å². The molecular weight excluding hydrogens is 309 g/mol. The molecule has 118 valence electrons. The summed E-state index contributed by atoms with van der Waals surface area (Å²) in [4.78, 5) is 12.9. The molecule has 1 aromatic carbocycles. The van der Waals surface area contributed by atoms with Crippen LogP contribution in [0.5, 0.6) is 0 Å². The van der Waals surface area contributed by atoms with Crippen LogP contribution in [0.4, 0.5) is 18.0 Å². The molecule has 0 heterocycles. The van der Waals surface area contributed by atoms with Crippen LogP contribution in [-0.2, 0) is 0 Å². The van der Waals surface area contributed by atoms with E-state index in [2.05, 4.69) is 5.32 Å². The molecule has 0 bridgehead atoms. The van der Waals surface area contributed by atoms with Crippen molar-refractivity contribution in [3.05, 3.63) is 34.9 Å². The Balaban J connectivity index is 2.87. The molecule has 0 aliphatic heterocycles. The summed E-state index contributed by atoms with van der Waals surface area (Å²) in [5, 5.41) is 11.4. The summed E-state index contributed by atoms with van der Waals surface area (Å²) in [6, 6.07) is 3.90. The van der Waals surface area contributed by atoms with Crippen LogP contribution >= 0.6 is 11.6 Å². The van der Waals surface area contributed by atoms with Crippen molar-refractivity contribution in [1.29, 1.82) is 0 Å². The van der Waals surface area contributed by atoms with Crippen molar-refractivity contribution >= 4 is 17.6 Å². The lowest BCUT2D eigenvalue weighted by Crippen LogP contribution is -2.41. The second kappa shape index (κ2) is 7.51. The van der Waals surface area contributed by atoms with Crippen LogP contribution < -0.4 is 5.32 Å². The molecule has 1 aromatic rings. The fourth-order valence-electron chi connectivity index (χ4n) is 1.69. The van der Waals surface area contributed by atoms with E-state index in [-0.39, 0.29) is 13.2 Å². The summed E-state index contributed by atoms with van der Waals surface area (Å²) < 4.78 is 37.9. The third kappa shape index (κ3) is 6.22. The smallest absolute Gasteiger partial charge is 0.391 e. The molecule has 0 aromatic heterocycles. The van der Waals surface area contributed by atoms with E-state index >= 15 is 0 Å². The molecule has 1 rings (SSSR count). The summed E-state index contributed by atoms with van der Waals surface area (Å²) in [5.74, 6) is 0. The Bertz CT molecular complexity index is 465. The van der Waals surface area contributed by atoms with Gasteiger partial charge in [-0.05, 0) is 17.7 Å². The number of carbonyl (C=O) groups excluding carboxylic acids is 1. The highest BCUT2D eigenvalue weighted by Crippen LogP contribution is 2.30. The van der Waals surface area contributed by atoms with Crippen molar-refractivity contribution in [2.75, 3.05) is 20.2 Å². The minimum Gasteiger partial charge on any atom is -0.395 e. The van der Waals surface area contributed by atoms with Crippen molar-refractivity contribution in [3.63, 3.8) is 0 Å². The minimum atomic E-state index is -4.42. The van der Waals surface area contributed by atoms with Crippen LogP contribution in [-0.4, -0.2) is 42.4 Å². The molecule has 0 spiro atoms. The number of urea groups is 1. The number of hydrogen-bond acceptors (Lipinski definition) is 2. The van der Waals surface area contributed by atoms with Crippen molar-refractivity contribution in [2.45, 2.75) is 18.6 Å². The van der Waals surface area contributed by atoms with Gasteiger partial charge < -0.3 is 15.3 Å². The van der Waals surface area contributed by atoms with Crippen LogP contribution in [0.1, 0.15) is 18.0 Å². The number of aliphatic hydroxyl groups excluding tert-OH is 1. The number of likely N-dealkylation sites (N-methyl/N-ethyl adjacent to an activating group) is 1.